The minimum Gasteiger partial charge on any atom is -0.376 e. The van der Waals surface area contributed by atoms with Gasteiger partial charge in [0.15, 0.2) is 15.0 Å². The van der Waals surface area contributed by atoms with Gasteiger partial charge < -0.3 is 4.74 Å². The lowest BCUT2D eigenvalue weighted by atomic mass is 10.1. The van der Waals surface area contributed by atoms with E-state index < -0.39 is 9.84 Å². The molecule has 1 unspecified atom stereocenters. The number of aromatic nitrogens is 1. The van der Waals surface area contributed by atoms with E-state index in [4.69, 9.17) is 9.72 Å². The Hall–Kier alpha value is -2.29. The van der Waals surface area contributed by atoms with E-state index in [0.717, 1.165) is 34.2 Å². The van der Waals surface area contributed by atoms with Gasteiger partial charge in [0, 0.05) is 13.0 Å². The van der Waals surface area contributed by atoms with Gasteiger partial charge in [0.2, 0.25) is 5.91 Å². The van der Waals surface area contributed by atoms with Crippen LogP contribution in [-0.4, -0.2) is 44.3 Å². The number of sulfone groups is 1. The average molecular weight is 473 g/mol. The van der Waals surface area contributed by atoms with Crippen LogP contribution in [0.25, 0.3) is 10.2 Å². The molecule has 0 saturated carbocycles. The van der Waals surface area contributed by atoms with Crippen molar-refractivity contribution in [1.29, 1.82) is 0 Å². The van der Waals surface area contributed by atoms with Crippen LogP contribution in [-0.2, 0) is 19.4 Å². The molecule has 1 saturated heterocycles. The molecule has 2 heterocycles. The van der Waals surface area contributed by atoms with E-state index in [9.17, 15) is 13.2 Å². The van der Waals surface area contributed by atoms with Gasteiger partial charge in [-0.1, -0.05) is 41.7 Å². The van der Waals surface area contributed by atoms with Gasteiger partial charge in [0.1, 0.15) is 0 Å². The highest BCUT2D eigenvalue weighted by molar-refractivity contribution is 7.91. The number of anilines is 1. The summed E-state index contributed by atoms with van der Waals surface area (Å²) in [5, 5.41) is 0.656. The molecule has 0 radical (unpaired) electrons. The topological polar surface area (TPSA) is 76.6 Å². The largest absolute Gasteiger partial charge is 0.376 e. The highest BCUT2D eigenvalue weighted by atomic mass is 32.2. The molecule has 0 bridgehead atoms. The van der Waals surface area contributed by atoms with Crippen molar-refractivity contribution in [3.8, 4) is 0 Å². The molecule has 1 aliphatic heterocycles. The number of rotatable bonds is 8. The number of fused-ring (bicyclic) bond motifs is 1. The summed E-state index contributed by atoms with van der Waals surface area (Å²) in [6.45, 7) is 5.22. The number of hydrogen-bond donors (Lipinski definition) is 0. The Labute approximate surface area is 193 Å². The van der Waals surface area contributed by atoms with Crippen molar-refractivity contribution in [2.24, 2.45) is 0 Å². The van der Waals surface area contributed by atoms with E-state index in [1.165, 1.54) is 11.3 Å². The van der Waals surface area contributed by atoms with Crippen molar-refractivity contribution in [2.45, 2.75) is 50.5 Å². The molecule has 8 heteroatoms. The van der Waals surface area contributed by atoms with Crippen LogP contribution in [0.2, 0.25) is 0 Å². The number of ether oxygens (including phenoxy) is 1. The van der Waals surface area contributed by atoms with Gasteiger partial charge in [0.25, 0.3) is 0 Å². The maximum absolute atomic E-state index is 13.2. The van der Waals surface area contributed by atoms with Gasteiger partial charge in [-0.3, -0.25) is 9.69 Å². The molecule has 0 N–H and O–H groups in total. The summed E-state index contributed by atoms with van der Waals surface area (Å²) in [7, 11) is -3.41. The Balaban J connectivity index is 1.52. The molecule has 1 aliphatic rings. The van der Waals surface area contributed by atoms with Crippen LogP contribution in [0.3, 0.4) is 0 Å². The highest BCUT2D eigenvalue weighted by Gasteiger charge is 2.27. The third-order valence-electron chi connectivity index (χ3n) is 5.78. The Bertz CT molecular complexity index is 1160. The van der Waals surface area contributed by atoms with Crippen LogP contribution in [0.4, 0.5) is 5.13 Å². The van der Waals surface area contributed by atoms with E-state index >= 15 is 0 Å². The number of carbonyl (C=O) groups is 1. The molecular formula is C24H28N2O4S2. The Morgan fingerprint density at radius 3 is 2.59 bits per heavy atom. The molecule has 32 heavy (non-hydrogen) atoms. The lowest BCUT2D eigenvalue weighted by Crippen LogP contribution is -2.37. The summed E-state index contributed by atoms with van der Waals surface area (Å²) in [5.74, 6) is -0.174. The Kier molecular flexibility index (Phi) is 6.93. The molecule has 0 aliphatic carbocycles. The number of thiazole rings is 1. The summed E-state index contributed by atoms with van der Waals surface area (Å²) in [6, 6.07) is 12.5. The van der Waals surface area contributed by atoms with Crippen LogP contribution in [0.15, 0.2) is 47.4 Å². The van der Waals surface area contributed by atoms with Gasteiger partial charge in [-0.25, -0.2) is 13.4 Å². The summed E-state index contributed by atoms with van der Waals surface area (Å²) in [6.07, 6.45) is 2.30. The second-order valence-electron chi connectivity index (χ2n) is 8.25. The quantitative estimate of drug-likeness (QED) is 0.476. The van der Waals surface area contributed by atoms with E-state index in [0.29, 0.717) is 23.2 Å². The van der Waals surface area contributed by atoms with Crippen molar-refractivity contribution in [3.05, 3.63) is 53.6 Å². The molecule has 3 aromatic rings. The standard InChI is InChI=1S/C24H28N2O4S2/c1-17-12-13-18(2)23-22(17)25-24(31-23)26(16-19-8-6-14-30-19)21(27)11-7-15-32(28,29)20-9-4-3-5-10-20/h3-5,9-10,12-13,19H,6-8,11,14-16H2,1-2H3. The molecule has 1 amide bonds. The van der Waals surface area contributed by atoms with E-state index in [1.807, 2.05) is 19.9 Å². The summed E-state index contributed by atoms with van der Waals surface area (Å²) in [5.41, 5.74) is 3.13. The van der Waals surface area contributed by atoms with E-state index in [-0.39, 0.29) is 30.6 Å². The first-order chi connectivity index (χ1) is 15.3. The fourth-order valence-electron chi connectivity index (χ4n) is 3.94. The van der Waals surface area contributed by atoms with Crippen LogP contribution in [0.1, 0.15) is 36.8 Å². The normalized spacial score (nSPS) is 16.5. The number of carbonyl (C=O) groups excluding carboxylic acids is 1. The monoisotopic (exact) mass is 472 g/mol. The summed E-state index contributed by atoms with van der Waals surface area (Å²) < 4.78 is 32.0. The molecule has 1 fully saturated rings. The Morgan fingerprint density at radius 2 is 1.91 bits per heavy atom. The van der Waals surface area contributed by atoms with Crippen molar-refractivity contribution < 1.29 is 17.9 Å². The second kappa shape index (κ2) is 9.68. The minimum absolute atomic E-state index is 0.0128. The van der Waals surface area contributed by atoms with Crippen molar-refractivity contribution in [3.63, 3.8) is 0 Å². The second-order valence-corrected chi connectivity index (χ2v) is 11.3. The molecule has 4 rings (SSSR count). The lowest BCUT2D eigenvalue weighted by Gasteiger charge is -2.23. The SMILES string of the molecule is Cc1ccc(C)c2sc(N(CC3CCCO3)C(=O)CCCS(=O)(=O)c3ccccc3)nc12. The zero-order valence-electron chi connectivity index (χ0n) is 18.4. The summed E-state index contributed by atoms with van der Waals surface area (Å²) >= 11 is 1.51. The maximum atomic E-state index is 13.2. The number of benzene rings is 2. The van der Waals surface area contributed by atoms with Crippen molar-refractivity contribution in [2.75, 3.05) is 23.8 Å². The van der Waals surface area contributed by atoms with Crippen molar-refractivity contribution >= 4 is 42.4 Å². The predicted octanol–water partition coefficient (Wildman–Crippen LogP) is 4.68. The van der Waals surface area contributed by atoms with Crippen LogP contribution in [0, 0.1) is 13.8 Å². The molecular weight excluding hydrogens is 444 g/mol. The molecule has 0 spiro atoms. The third-order valence-corrected chi connectivity index (χ3v) is 8.81. The van der Waals surface area contributed by atoms with Gasteiger partial charge in [-0.05, 0) is 56.4 Å². The molecule has 1 aromatic heterocycles. The molecule has 2 aromatic carbocycles. The summed E-state index contributed by atoms with van der Waals surface area (Å²) in [4.78, 5) is 20.0. The number of nitrogens with zero attached hydrogens (tertiary/aromatic N) is 2. The minimum atomic E-state index is -3.41. The number of hydrogen-bond acceptors (Lipinski definition) is 6. The van der Waals surface area contributed by atoms with Crippen molar-refractivity contribution in [1.82, 2.24) is 4.98 Å². The average Bonchev–Trinajstić information content (AvgIpc) is 3.45. The maximum Gasteiger partial charge on any atom is 0.228 e. The van der Waals surface area contributed by atoms with Gasteiger partial charge >= 0.3 is 0 Å². The Morgan fingerprint density at radius 1 is 1.16 bits per heavy atom. The smallest absolute Gasteiger partial charge is 0.228 e. The number of aryl methyl sites for hydroxylation is 2. The lowest BCUT2D eigenvalue weighted by molar-refractivity contribution is -0.119. The van der Waals surface area contributed by atoms with Gasteiger partial charge in [-0.15, -0.1) is 0 Å². The van der Waals surface area contributed by atoms with Crippen LogP contribution < -0.4 is 4.90 Å². The van der Waals surface area contributed by atoms with E-state index in [2.05, 4.69) is 6.07 Å². The zero-order chi connectivity index (χ0) is 22.7. The first kappa shape index (κ1) is 22.9. The van der Waals surface area contributed by atoms with E-state index in [1.54, 1.807) is 35.2 Å². The zero-order valence-corrected chi connectivity index (χ0v) is 20.0. The molecule has 6 nitrogen and oxygen atoms in total. The van der Waals surface area contributed by atoms with Crippen LogP contribution >= 0.6 is 11.3 Å². The number of amides is 1. The highest BCUT2D eigenvalue weighted by Crippen LogP contribution is 2.34. The first-order valence-electron chi connectivity index (χ1n) is 10.9. The van der Waals surface area contributed by atoms with Gasteiger partial charge in [-0.2, -0.15) is 0 Å². The van der Waals surface area contributed by atoms with Crippen LogP contribution in [0.5, 0.6) is 0 Å². The fourth-order valence-corrected chi connectivity index (χ4v) is 6.41. The third kappa shape index (κ3) is 5.03. The predicted molar refractivity (Wildman–Crippen MR) is 128 cm³/mol. The molecule has 1 atom stereocenters. The fraction of sp³-hybridized carbons (Fsp3) is 0.417. The molecule has 170 valence electrons. The first-order valence-corrected chi connectivity index (χ1v) is 13.4. The van der Waals surface area contributed by atoms with Gasteiger partial charge in [0.05, 0.1) is 33.5 Å².